The first kappa shape index (κ1) is 10.6. The minimum atomic E-state index is -0.0362. The van der Waals surface area contributed by atoms with Crippen LogP contribution in [0.2, 0.25) is 0 Å². The van der Waals surface area contributed by atoms with Crippen LogP contribution in [-0.4, -0.2) is 17.8 Å². The lowest BCUT2D eigenvalue weighted by Gasteiger charge is -2.01. The number of thioether (sulfide) groups is 1. The third kappa shape index (κ3) is 2.75. The summed E-state index contributed by atoms with van der Waals surface area (Å²) >= 11 is 1.77. The van der Waals surface area contributed by atoms with Crippen molar-refractivity contribution >= 4 is 17.7 Å². The molecule has 1 saturated carbocycles. The molecule has 0 aliphatic heterocycles. The monoisotopic (exact) mass is 222 g/mol. The molecule has 0 heterocycles. The number of hydrogen-bond donors (Lipinski definition) is 0. The standard InChI is InChI=1S/C12H14O2S/c1-2-14-12(13)10-8-11(10)15-9-6-4-3-5-7-9/h3-7,10-11H,2,8H2,1H3/t10-,11+/m1/s1. The summed E-state index contributed by atoms with van der Waals surface area (Å²) in [5, 5.41) is 0.423. The van der Waals surface area contributed by atoms with E-state index in [0.29, 0.717) is 11.9 Å². The Kier molecular flexibility index (Phi) is 3.31. The van der Waals surface area contributed by atoms with Gasteiger partial charge in [0.1, 0.15) is 0 Å². The fourth-order valence-corrected chi connectivity index (χ4v) is 2.72. The van der Waals surface area contributed by atoms with Crippen LogP contribution in [-0.2, 0) is 9.53 Å². The molecule has 1 aromatic rings. The summed E-state index contributed by atoms with van der Waals surface area (Å²) in [6.45, 7) is 2.33. The molecule has 0 amide bonds. The van der Waals surface area contributed by atoms with Gasteiger partial charge in [-0.1, -0.05) is 18.2 Å². The first-order valence-electron chi connectivity index (χ1n) is 5.19. The zero-order valence-corrected chi connectivity index (χ0v) is 9.50. The summed E-state index contributed by atoms with van der Waals surface area (Å²) in [6, 6.07) is 10.2. The summed E-state index contributed by atoms with van der Waals surface area (Å²) in [5.74, 6) is 0.0843. The van der Waals surface area contributed by atoms with E-state index in [1.165, 1.54) is 4.90 Å². The first-order chi connectivity index (χ1) is 7.31. The van der Waals surface area contributed by atoms with Crippen LogP contribution >= 0.6 is 11.8 Å². The van der Waals surface area contributed by atoms with Crippen LogP contribution in [0.25, 0.3) is 0 Å². The Morgan fingerprint density at radius 2 is 2.20 bits per heavy atom. The summed E-state index contributed by atoms with van der Waals surface area (Å²) in [5.41, 5.74) is 0. The van der Waals surface area contributed by atoms with Gasteiger partial charge in [0, 0.05) is 10.1 Å². The maximum Gasteiger partial charge on any atom is 0.310 e. The normalized spacial score (nSPS) is 23.5. The smallest absolute Gasteiger partial charge is 0.310 e. The molecule has 3 heteroatoms. The SMILES string of the molecule is CCOC(=O)[C@@H]1C[C@@H]1Sc1ccccc1. The number of ether oxygens (including phenoxy) is 1. The average Bonchev–Trinajstić information content (AvgIpc) is 2.99. The largest absolute Gasteiger partial charge is 0.466 e. The van der Waals surface area contributed by atoms with E-state index >= 15 is 0 Å². The Hall–Kier alpha value is -0.960. The zero-order chi connectivity index (χ0) is 10.7. The van der Waals surface area contributed by atoms with Gasteiger partial charge in [0.15, 0.2) is 0 Å². The molecule has 2 atom stereocenters. The van der Waals surface area contributed by atoms with Gasteiger partial charge in [-0.3, -0.25) is 4.79 Å². The van der Waals surface area contributed by atoms with E-state index in [1.54, 1.807) is 11.8 Å². The molecule has 1 aliphatic carbocycles. The molecule has 1 fully saturated rings. The van der Waals surface area contributed by atoms with Gasteiger partial charge in [0.2, 0.25) is 0 Å². The molecule has 0 N–H and O–H groups in total. The maximum atomic E-state index is 11.4. The van der Waals surface area contributed by atoms with Gasteiger partial charge in [-0.15, -0.1) is 11.8 Å². The molecule has 0 saturated heterocycles. The van der Waals surface area contributed by atoms with E-state index < -0.39 is 0 Å². The van der Waals surface area contributed by atoms with Crippen LogP contribution < -0.4 is 0 Å². The van der Waals surface area contributed by atoms with Crippen LogP contribution in [0.5, 0.6) is 0 Å². The highest BCUT2D eigenvalue weighted by atomic mass is 32.2. The number of esters is 1. The molecule has 0 bridgehead atoms. The topological polar surface area (TPSA) is 26.3 Å². The number of benzene rings is 1. The van der Waals surface area contributed by atoms with Crippen LogP contribution in [0, 0.1) is 5.92 Å². The number of rotatable bonds is 4. The van der Waals surface area contributed by atoms with Gasteiger partial charge in [-0.25, -0.2) is 0 Å². The third-order valence-electron chi connectivity index (χ3n) is 2.35. The van der Waals surface area contributed by atoms with Crippen molar-refractivity contribution in [3.63, 3.8) is 0 Å². The Morgan fingerprint density at radius 3 is 2.87 bits per heavy atom. The van der Waals surface area contributed by atoms with E-state index in [1.807, 2.05) is 25.1 Å². The molecule has 80 valence electrons. The van der Waals surface area contributed by atoms with Crippen molar-refractivity contribution < 1.29 is 9.53 Å². The molecule has 1 aromatic carbocycles. The van der Waals surface area contributed by atoms with Crippen LogP contribution in [0.3, 0.4) is 0 Å². The molecule has 0 radical (unpaired) electrons. The van der Waals surface area contributed by atoms with Gasteiger partial charge < -0.3 is 4.74 Å². The van der Waals surface area contributed by atoms with E-state index in [0.717, 1.165) is 6.42 Å². The van der Waals surface area contributed by atoms with E-state index in [4.69, 9.17) is 4.74 Å². The number of carbonyl (C=O) groups is 1. The maximum absolute atomic E-state index is 11.4. The Morgan fingerprint density at radius 1 is 1.47 bits per heavy atom. The first-order valence-corrected chi connectivity index (χ1v) is 6.07. The van der Waals surface area contributed by atoms with Crippen molar-refractivity contribution in [2.75, 3.05) is 6.61 Å². The molecule has 2 rings (SSSR count). The van der Waals surface area contributed by atoms with E-state index in [2.05, 4.69) is 12.1 Å². The predicted molar refractivity (Wildman–Crippen MR) is 60.8 cm³/mol. The average molecular weight is 222 g/mol. The molecular formula is C12H14O2S. The Bertz CT molecular complexity index is 337. The third-order valence-corrected chi connectivity index (χ3v) is 3.72. The van der Waals surface area contributed by atoms with Gasteiger partial charge in [-0.05, 0) is 25.5 Å². The lowest BCUT2D eigenvalue weighted by Crippen LogP contribution is -2.07. The summed E-state index contributed by atoms with van der Waals surface area (Å²) in [4.78, 5) is 12.6. The van der Waals surface area contributed by atoms with Gasteiger partial charge in [-0.2, -0.15) is 0 Å². The molecule has 0 spiro atoms. The van der Waals surface area contributed by atoms with E-state index in [9.17, 15) is 4.79 Å². The van der Waals surface area contributed by atoms with Crippen LogP contribution in [0.15, 0.2) is 35.2 Å². The van der Waals surface area contributed by atoms with Crippen LogP contribution in [0.1, 0.15) is 13.3 Å². The zero-order valence-electron chi connectivity index (χ0n) is 8.68. The Labute approximate surface area is 94.0 Å². The summed E-state index contributed by atoms with van der Waals surface area (Å²) in [7, 11) is 0. The second-order valence-corrected chi connectivity index (χ2v) is 4.88. The summed E-state index contributed by atoms with van der Waals surface area (Å²) in [6.07, 6.45) is 0.957. The minimum absolute atomic E-state index is 0.0362. The van der Waals surface area contributed by atoms with Crippen molar-refractivity contribution in [1.29, 1.82) is 0 Å². The van der Waals surface area contributed by atoms with Gasteiger partial charge >= 0.3 is 5.97 Å². The van der Waals surface area contributed by atoms with Crippen molar-refractivity contribution in [3.8, 4) is 0 Å². The minimum Gasteiger partial charge on any atom is -0.466 e. The molecule has 2 nitrogen and oxygen atoms in total. The number of carbonyl (C=O) groups excluding carboxylic acids is 1. The highest BCUT2D eigenvalue weighted by molar-refractivity contribution is 8.00. The molecule has 1 aliphatic rings. The highest BCUT2D eigenvalue weighted by Crippen LogP contribution is 2.45. The Balaban J connectivity index is 1.83. The van der Waals surface area contributed by atoms with Crippen LogP contribution in [0.4, 0.5) is 0 Å². The fourth-order valence-electron chi connectivity index (χ4n) is 1.47. The van der Waals surface area contributed by atoms with Gasteiger partial charge in [0.25, 0.3) is 0 Å². The highest BCUT2D eigenvalue weighted by Gasteiger charge is 2.44. The van der Waals surface area contributed by atoms with E-state index in [-0.39, 0.29) is 11.9 Å². The molecular weight excluding hydrogens is 208 g/mol. The second kappa shape index (κ2) is 4.71. The van der Waals surface area contributed by atoms with Gasteiger partial charge in [0.05, 0.1) is 12.5 Å². The number of hydrogen-bond acceptors (Lipinski definition) is 3. The van der Waals surface area contributed by atoms with Crippen molar-refractivity contribution in [2.45, 2.75) is 23.5 Å². The van der Waals surface area contributed by atoms with Crippen molar-refractivity contribution in [2.24, 2.45) is 5.92 Å². The molecule has 0 unspecified atom stereocenters. The van der Waals surface area contributed by atoms with Crippen molar-refractivity contribution in [1.82, 2.24) is 0 Å². The van der Waals surface area contributed by atoms with Crippen molar-refractivity contribution in [3.05, 3.63) is 30.3 Å². The second-order valence-electron chi connectivity index (χ2n) is 3.56. The predicted octanol–water partition coefficient (Wildman–Crippen LogP) is 2.73. The fraction of sp³-hybridized carbons (Fsp3) is 0.417. The quantitative estimate of drug-likeness (QED) is 0.733. The summed E-state index contributed by atoms with van der Waals surface area (Å²) < 4.78 is 4.98. The molecule has 0 aromatic heterocycles. The molecule has 15 heavy (non-hydrogen) atoms. The lowest BCUT2D eigenvalue weighted by atomic mass is 10.4. The lowest BCUT2D eigenvalue weighted by molar-refractivity contribution is -0.144.